The Balaban J connectivity index is 1.94. The number of nitrogens with zero attached hydrogens (tertiary/aromatic N) is 1. The molecule has 1 aromatic carbocycles. The van der Waals surface area contributed by atoms with Gasteiger partial charge in [0.1, 0.15) is 5.75 Å². The first-order valence-corrected chi connectivity index (χ1v) is 7.39. The van der Waals surface area contributed by atoms with Crippen LogP contribution in [0.15, 0.2) is 24.3 Å². The molecule has 3 heteroatoms. The maximum absolute atomic E-state index is 5.50. The van der Waals surface area contributed by atoms with Crippen LogP contribution in [0, 0.1) is 0 Å². The molecule has 0 saturated carbocycles. The maximum atomic E-state index is 5.50. The largest absolute Gasteiger partial charge is 0.494 e. The highest BCUT2D eigenvalue weighted by Gasteiger charge is 2.25. The minimum absolute atomic E-state index is 0.552. The third kappa shape index (κ3) is 3.95. The van der Waals surface area contributed by atoms with Crippen molar-refractivity contribution < 1.29 is 9.47 Å². The molecule has 0 radical (unpaired) electrons. The Hall–Kier alpha value is -1.06. The van der Waals surface area contributed by atoms with E-state index in [1.165, 1.54) is 24.9 Å². The van der Waals surface area contributed by atoms with Crippen LogP contribution >= 0.6 is 0 Å². The molecule has 0 aromatic heterocycles. The first-order chi connectivity index (χ1) is 9.35. The van der Waals surface area contributed by atoms with Gasteiger partial charge in [-0.05, 0) is 50.9 Å². The van der Waals surface area contributed by atoms with Gasteiger partial charge in [-0.2, -0.15) is 0 Å². The fraction of sp³-hybridized carbons (Fsp3) is 0.625. The van der Waals surface area contributed by atoms with Crippen LogP contribution < -0.4 is 4.74 Å². The first kappa shape index (κ1) is 14.4. The molecule has 1 aliphatic rings. The molecule has 1 fully saturated rings. The zero-order valence-corrected chi connectivity index (χ0v) is 12.1. The van der Waals surface area contributed by atoms with Crippen LogP contribution in [0.25, 0.3) is 0 Å². The van der Waals surface area contributed by atoms with Crippen molar-refractivity contribution >= 4 is 0 Å². The molecule has 0 amide bonds. The maximum Gasteiger partial charge on any atom is 0.119 e. The Kier molecular flexibility index (Phi) is 5.67. The van der Waals surface area contributed by atoms with Crippen LogP contribution in [-0.2, 0) is 4.74 Å². The summed E-state index contributed by atoms with van der Waals surface area (Å²) in [5, 5.41) is 0. The predicted octanol–water partition coefficient (Wildman–Crippen LogP) is 3.26. The van der Waals surface area contributed by atoms with Gasteiger partial charge in [-0.1, -0.05) is 12.1 Å². The standard InChI is InChI=1S/C16H25NO2/c1-3-18-13-12-17-11-5-6-16(17)14-7-9-15(10-8-14)19-4-2/h7-10,16H,3-6,11-13H2,1-2H3. The number of likely N-dealkylation sites (tertiary alicyclic amines) is 1. The highest BCUT2D eigenvalue weighted by Crippen LogP contribution is 2.32. The lowest BCUT2D eigenvalue weighted by atomic mass is 10.0. The third-order valence-corrected chi connectivity index (χ3v) is 3.67. The quantitative estimate of drug-likeness (QED) is 0.705. The molecule has 1 saturated heterocycles. The number of hydrogen-bond donors (Lipinski definition) is 0. The topological polar surface area (TPSA) is 21.7 Å². The van der Waals surface area contributed by atoms with E-state index in [1.807, 2.05) is 13.8 Å². The zero-order chi connectivity index (χ0) is 13.5. The minimum atomic E-state index is 0.552. The smallest absolute Gasteiger partial charge is 0.119 e. The van der Waals surface area contributed by atoms with Crippen molar-refractivity contribution in [2.24, 2.45) is 0 Å². The number of ether oxygens (including phenoxy) is 2. The average Bonchev–Trinajstić information content (AvgIpc) is 2.89. The second-order valence-electron chi connectivity index (χ2n) is 4.89. The summed E-state index contributed by atoms with van der Waals surface area (Å²) < 4.78 is 11.0. The van der Waals surface area contributed by atoms with Gasteiger partial charge in [0, 0.05) is 19.2 Å². The van der Waals surface area contributed by atoms with Crippen LogP contribution in [0.3, 0.4) is 0 Å². The third-order valence-electron chi connectivity index (χ3n) is 3.67. The second-order valence-corrected chi connectivity index (χ2v) is 4.89. The molecular weight excluding hydrogens is 238 g/mol. The predicted molar refractivity (Wildman–Crippen MR) is 77.7 cm³/mol. The summed E-state index contributed by atoms with van der Waals surface area (Å²) >= 11 is 0. The molecule has 3 nitrogen and oxygen atoms in total. The summed E-state index contributed by atoms with van der Waals surface area (Å²) in [5.74, 6) is 0.963. The molecular formula is C16H25NO2. The summed E-state index contributed by atoms with van der Waals surface area (Å²) in [4.78, 5) is 2.53. The van der Waals surface area contributed by atoms with Crippen molar-refractivity contribution in [2.45, 2.75) is 32.7 Å². The summed E-state index contributed by atoms with van der Waals surface area (Å²) in [6.45, 7) is 8.65. The molecule has 1 unspecified atom stereocenters. The monoisotopic (exact) mass is 263 g/mol. The van der Waals surface area contributed by atoms with Crippen molar-refractivity contribution in [3.8, 4) is 5.75 Å². The van der Waals surface area contributed by atoms with E-state index in [0.29, 0.717) is 6.04 Å². The Bertz CT molecular complexity index is 364. The van der Waals surface area contributed by atoms with Crippen LogP contribution in [0.1, 0.15) is 38.3 Å². The van der Waals surface area contributed by atoms with Gasteiger partial charge >= 0.3 is 0 Å². The molecule has 1 aliphatic heterocycles. The molecule has 1 atom stereocenters. The van der Waals surface area contributed by atoms with Gasteiger partial charge in [-0.25, -0.2) is 0 Å². The Morgan fingerprint density at radius 2 is 1.95 bits per heavy atom. The summed E-state index contributed by atoms with van der Waals surface area (Å²) in [7, 11) is 0. The summed E-state index contributed by atoms with van der Waals surface area (Å²) in [6, 6.07) is 9.12. The fourth-order valence-electron chi connectivity index (χ4n) is 2.75. The molecule has 106 valence electrons. The van der Waals surface area contributed by atoms with Gasteiger partial charge < -0.3 is 9.47 Å². The van der Waals surface area contributed by atoms with E-state index in [1.54, 1.807) is 0 Å². The number of benzene rings is 1. The normalized spacial score (nSPS) is 19.8. The van der Waals surface area contributed by atoms with Crippen molar-refractivity contribution in [2.75, 3.05) is 32.9 Å². The molecule has 1 heterocycles. The Morgan fingerprint density at radius 3 is 2.63 bits per heavy atom. The highest BCUT2D eigenvalue weighted by atomic mass is 16.5. The molecule has 0 bridgehead atoms. The van der Waals surface area contributed by atoms with E-state index in [0.717, 1.165) is 32.1 Å². The van der Waals surface area contributed by atoms with E-state index in [-0.39, 0.29) is 0 Å². The van der Waals surface area contributed by atoms with Gasteiger partial charge in [-0.3, -0.25) is 4.90 Å². The van der Waals surface area contributed by atoms with Crippen molar-refractivity contribution in [1.82, 2.24) is 4.90 Å². The number of rotatable bonds is 7. The summed E-state index contributed by atoms with van der Waals surface area (Å²) in [5.41, 5.74) is 1.40. The van der Waals surface area contributed by atoms with Crippen molar-refractivity contribution in [1.29, 1.82) is 0 Å². The van der Waals surface area contributed by atoms with E-state index < -0.39 is 0 Å². The molecule has 19 heavy (non-hydrogen) atoms. The van der Waals surface area contributed by atoms with Gasteiger partial charge in [0.15, 0.2) is 0 Å². The first-order valence-electron chi connectivity index (χ1n) is 7.39. The molecule has 0 N–H and O–H groups in total. The van der Waals surface area contributed by atoms with Crippen molar-refractivity contribution in [3.05, 3.63) is 29.8 Å². The minimum Gasteiger partial charge on any atom is -0.494 e. The van der Waals surface area contributed by atoms with E-state index in [2.05, 4.69) is 29.2 Å². The lowest BCUT2D eigenvalue weighted by molar-refractivity contribution is 0.108. The molecule has 1 aromatic rings. The average molecular weight is 263 g/mol. The number of hydrogen-bond acceptors (Lipinski definition) is 3. The van der Waals surface area contributed by atoms with Gasteiger partial charge in [0.25, 0.3) is 0 Å². The fourth-order valence-corrected chi connectivity index (χ4v) is 2.75. The summed E-state index contributed by atoms with van der Waals surface area (Å²) in [6.07, 6.45) is 2.53. The van der Waals surface area contributed by atoms with E-state index in [9.17, 15) is 0 Å². The lowest BCUT2D eigenvalue weighted by Gasteiger charge is -2.24. The molecule has 2 rings (SSSR count). The van der Waals surface area contributed by atoms with Gasteiger partial charge in [-0.15, -0.1) is 0 Å². The zero-order valence-electron chi connectivity index (χ0n) is 12.1. The highest BCUT2D eigenvalue weighted by molar-refractivity contribution is 5.29. The van der Waals surface area contributed by atoms with Crippen LogP contribution in [0.4, 0.5) is 0 Å². The van der Waals surface area contributed by atoms with E-state index >= 15 is 0 Å². The van der Waals surface area contributed by atoms with Gasteiger partial charge in [0.05, 0.1) is 13.2 Å². The molecule has 0 aliphatic carbocycles. The van der Waals surface area contributed by atoms with Crippen molar-refractivity contribution in [3.63, 3.8) is 0 Å². The van der Waals surface area contributed by atoms with Crippen LogP contribution in [0.2, 0.25) is 0 Å². The van der Waals surface area contributed by atoms with Crippen LogP contribution in [0.5, 0.6) is 5.75 Å². The molecule has 0 spiro atoms. The second kappa shape index (κ2) is 7.51. The Labute approximate surface area is 116 Å². The van der Waals surface area contributed by atoms with Crippen LogP contribution in [-0.4, -0.2) is 37.8 Å². The Morgan fingerprint density at radius 1 is 1.16 bits per heavy atom. The van der Waals surface area contributed by atoms with Gasteiger partial charge in [0.2, 0.25) is 0 Å². The van der Waals surface area contributed by atoms with E-state index in [4.69, 9.17) is 9.47 Å². The lowest BCUT2D eigenvalue weighted by Crippen LogP contribution is -2.27. The SMILES string of the molecule is CCOCCN1CCCC1c1ccc(OCC)cc1.